The molecular weight excluding hydrogens is 528 g/mol. The van der Waals surface area contributed by atoms with E-state index < -0.39 is 10.0 Å². The third kappa shape index (κ3) is 5.18. The molecule has 0 aliphatic heterocycles. The molecule has 0 N–H and O–H groups in total. The van der Waals surface area contributed by atoms with Gasteiger partial charge in [0, 0.05) is 37.0 Å². The van der Waals surface area contributed by atoms with E-state index in [0.717, 1.165) is 15.1 Å². The van der Waals surface area contributed by atoms with Gasteiger partial charge in [-0.15, -0.1) is 0 Å². The first kappa shape index (κ1) is 24.8. The van der Waals surface area contributed by atoms with E-state index in [9.17, 15) is 13.2 Å². The average Bonchev–Trinajstić information content (AvgIpc) is 3.26. The van der Waals surface area contributed by atoms with Crippen LogP contribution in [0.3, 0.4) is 0 Å². The van der Waals surface area contributed by atoms with E-state index in [1.54, 1.807) is 61.6 Å². The normalized spacial score (nSPS) is 11.8. The van der Waals surface area contributed by atoms with Crippen LogP contribution in [0.25, 0.3) is 10.9 Å². The molecular formula is C27H25BrN2O4S. The summed E-state index contributed by atoms with van der Waals surface area (Å²) in [6.07, 6.45) is 4.42. The SMILES string of the molecule is Cc1ccc(S(=O)(=O)n2cc(C(=O)/C=C\N(C)C)c3c(OCc4ccccc4)ccc(Br)c32)cc1. The molecule has 1 aromatic heterocycles. The lowest BCUT2D eigenvalue weighted by molar-refractivity contribution is 0.104. The number of fused-ring (bicyclic) bond motifs is 1. The maximum atomic E-state index is 13.7. The highest BCUT2D eigenvalue weighted by Gasteiger charge is 2.27. The smallest absolute Gasteiger partial charge is 0.268 e. The number of ether oxygens (including phenoxy) is 1. The molecule has 1 heterocycles. The zero-order valence-corrected chi connectivity index (χ0v) is 22.0. The second-order valence-electron chi connectivity index (χ2n) is 8.34. The number of halogens is 1. The minimum absolute atomic E-state index is 0.130. The van der Waals surface area contributed by atoms with Gasteiger partial charge in [0.1, 0.15) is 12.4 Å². The fourth-order valence-electron chi connectivity index (χ4n) is 3.63. The van der Waals surface area contributed by atoms with E-state index >= 15 is 0 Å². The summed E-state index contributed by atoms with van der Waals surface area (Å²) >= 11 is 3.50. The van der Waals surface area contributed by atoms with Crippen molar-refractivity contribution in [2.45, 2.75) is 18.4 Å². The van der Waals surface area contributed by atoms with Crippen LogP contribution in [0.15, 0.2) is 94.6 Å². The number of allylic oxidation sites excluding steroid dienone is 1. The van der Waals surface area contributed by atoms with Gasteiger partial charge in [-0.3, -0.25) is 4.79 Å². The Morgan fingerprint density at radius 3 is 2.37 bits per heavy atom. The Morgan fingerprint density at radius 1 is 1.03 bits per heavy atom. The van der Waals surface area contributed by atoms with Crippen LogP contribution in [0.2, 0.25) is 0 Å². The van der Waals surface area contributed by atoms with Crippen LogP contribution >= 0.6 is 15.9 Å². The molecule has 35 heavy (non-hydrogen) atoms. The van der Waals surface area contributed by atoms with E-state index in [0.29, 0.717) is 21.1 Å². The zero-order chi connectivity index (χ0) is 25.2. The van der Waals surface area contributed by atoms with Gasteiger partial charge < -0.3 is 9.64 Å². The average molecular weight is 553 g/mol. The molecule has 4 rings (SSSR count). The summed E-state index contributed by atoms with van der Waals surface area (Å²) in [5.41, 5.74) is 2.48. The number of ketones is 1. The van der Waals surface area contributed by atoms with E-state index in [1.165, 1.54) is 12.3 Å². The summed E-state index contributed by atoms with van der Waals surface area (Å²) in [4.78, 5) is 15.1. The van der Waals surface area contributed by atoms with Crippen LogP contribution in [-0.2, 0) is 16.6 Å². The van der Waals surface area contributed by atoms with Crippen molar-refractivity contribution in [2.75, 3.05) is 14.1 Å². The van der Waals surface area contributed by atoms with Crippen molar-refractivity contribution in [3.8, 4) is 5.75 Å². The lowest BCUT2D eigenvalue weighted by Gasteiger charge is -2.12. The molecule has 0 unspecified atom stereocenters. The van der Waals surface area contributed by atoms with Crippen LogP contribution in [-0.4, -0.2) is 37.2 Å². The molecule has 0 saturated heterocycles. The van der Waals surface area contributed by atoms with Crippen molar-refractivity contribution in [2.24, 2.45) is 0 Å². The molecule has 3 aromatic carbocycles. The number of rotatable bonds is 8. The second-order valence-corrected chi connectivity index (χ2v) is 11.0. The van der Waals surface area contributed by atoms with E-state index in [2.05, 4.69) is 15.9 Å². The monoisotopic (exact) mass is 552 g/mol. The number of nitrogens with zero attached hydrogens (tertiary/aromatic N) is 2. The van der Waals surface area contributed by atoms with E-state index in [-0.39, 0.29) is 22.8 Å². The molecule has 0 radical (unpaired) electrons. The number of carbonyl (C=O) groups is 1. The summed E-state index contributed by atoms with van der Waals surface area (Å²) in [6.45, 7) is 2.16. The van der Waals surface area contributed by atoms with Crippen molar-refractivity contribution >= 4 is 42.6 Å². The van der Waals surface area contributed by atoms with Crippen LogP contribution in [0.5, 0.6) is 5.75 Å². The molecule has 0 fully saturated rings. The molecule has 4 aromatic rings. The molecule has 6 nitrogen and oxygen atoms in total. The Kier molecular flexibility index (Phi) is 7.14. The predicted molar refractivity (Wildman–Crippen MR) is 141 cm³/mol. The second kappa shape index (κ2) is 10.1. The number of benzene rings is 3. The molecule has 0 aliphatic carbocycles. The minimum Gasteiger partial charge on any atom is -0.488 e. The van der Waals surface area contributed by atoms with Crippen molar-refractivity contribution in [3.05, 3.63) is 106 Å². The van der Waals surface area contributed by atoms with Gasteiger partial charge in [-0.2, -0.15) is 0 Å². The first-order valence-electron chi connectivity index (χ1n) is 10.9. The Balaban J connectivity index is 1.92. The van der Waals surface area contributed by atoms with Crippen LogP contribution in [0.1, 0.15) is 21.5 Å². The fraction of sp³-hybridized carbons (Fsp3) is 0.148. The molecule has 0 spiro atoms. The van der Waals surface area contributed by atoms with Crippen LogP contribution < -0.4 is 4.74 Å². The van der Waals surface area contributed by atoms with Gasteiger partial charge >= 0.3 is 0 Å². The van der Waals surface area contributed by atoms with Crippen molar-refractivity contribution in [3.63, 3.8) is 0 Å². The summed E-state index contributed by atoms with van der Waals surface area (Å²) in [5, 5.41) is 0.430. The molecule has 0 atom stereocenters. The highest BCUT2D eigenvalue weighted by Crippen LogP contribution is 2.38. The molecule has 0 aliphatic rings. The van der Waals surface area contributed by atoms with Gasteiger partial charge in [-0.25, -0.2) is 12.4 Å². The Hall–Kier alpha value is -3.36. The summed E-state index contributed by atoms with van der Waals surface area (Å²) in [7, 11) is -0.377. The number of hydrogen-bond acceptors (Lipinski definition) is 5. The van der Waals surface area contributed by atoms with Crippen molar-refractivity contribution in [1.82, 2.24) is 8.87 Å². The Labute approximate surface area is 213 Å². The lowest BCUT2D eigenvalue weighted by Crippen LogP contribution is -2.12. The molecule has 0 bridgehead atoms. The molecule has 180 valence electrons. The standard InChI is InChI=1S/C27H25BrN2O4S/c1-19-9-11-21(12-10-19)35(32,33)30-17-22(24(31)15-16-29(2)3)26-25(14-13-23(28)27(26)30)34-18-20-7-5-4-6-8-20/h4-17H,18H2,1-3H3/b16-15-. The highest BCUT2D eigenvalue weighted by atomic mass is 79.9. The number of aryl methyl sites for hydroxylation is 1. The Morgan fingerprint density at radius 2 is 1.71 bits per heavy atom. The Bertz CT molecular complexity index is 1510. The molecule has 0 saturated carbocycles. The van der Waals surface area contributed by atoms with Gasteiger partial charge in [-0.05, 0) is 52.7 Å². The van der Waals surface area contributed by atoms with E-state index in [1.807, 2.05) is 37.3 Å². The number of hydrogen-bond donors (Lipinski definition) is 0. The van der Waals surface area contributed by atoms with Gasteiger partial charge in [0.05, 0.1) is 21.4 Å². The fourth-order valence-corrected chi connectivity index (χ4v) is 5.65. The number of aromatic nitrogens is 1. The predicted octanol–water partition coefficient (Wildman–Crippen LogP) is 5.79. The summed E-state index contributed by atoms with van der Waals surface area (Å²) in [5.74, 6) is 0.0933. The zero-order valence-electron chi connectivity index (χ0n) is 19.6. The largest absolute Gasteiger partial charge is 0.488 e. The first-order chi connectivity index (χ1) is 16.7. The number of carbonyl (C=O) groups excluding carboxylic acids is 1. The molecule has 8 heteroatoms. The van der Waals surface area contributed by atoms with Crippen LogP contribution in [0.4, 0.5) is 0 Å². The quantitative estimate of drug-likeness (QED) is 0.204. The lowest BCUT2D eigenvalue weighted by atomic mass is 10.1. The van der Waals surface area contributed by atoms with Gasteiger partial charge in [0.25, 0.3) is 10.0 Å². The summed E-state index contributed by atoms with van der Waals surface area (Å²) in [6, 6.07) is 19.7. The maximum Gasteiger partial charge on any atom is 0.268 e. The highest BCUT2D eigenvalue weighted by molar-refractivity contribution is 9.10. The third-order valence-electron chi connectivity index (χ3n) is 5.43. The topological polar surface area (TPSA) is 68.6 Å². The molecule has 0 amide bonds. The van der Waals surface area contributed by atoms with Crippen LogP contribution in [0, 0.1) is 6.92 Å². The third-order valence-corrected chi connectivity index (χ3v) is 7.74. The van der Waals surface area contributed by atoms with E-state index in [4.69, 9.17) is 4.74 Å². The van der Waals surface area contributed by atoms with Crippen molar-refractivity contribution in [1.29, 1.82) is 0 Å². The summed E-state index contributed by atoms with van der Waals surface area (Å²) < 4.78 is 35.1. The maximum absolute atomic E-state index is 13.7. The van der Waals surface area contributed by atoms with Crippen molar-refractivity contribution < 1.29 is 17.9 Å². The van der Waals surface area contributed by atoms with Gasteiger partial charge in [0.15, 0.2) is 5.78 Å². The van der Waals surface area contributed by atoms with Gasteiger partial charge in [-0.1, -0.05) is 48.0 Å². The van der Waals surface area contributed by atoms with Gasteiger partial charge in [0.2, 0.25) is 0 Å². The first-order valence-corrected chi connectivity index (χ1v) is 13.1. The minimum atomic E-state index is -3.99.